The zero-order valence-corrected chi connectivity index (χ0v) is 14.4. The molecule has 0 spiro atoms. The summed E-state index contributed by atoms with van der Waals surface area (Å²) in [7, 11) is -0.970. The Hall–Kier alpha value is -3.00. The van der Waals surface area contributed by atoms with Gasteiger partial charge in [0, 0.05) is 17.8 Å². The van der Waals surface area contributed by atoms with E-state index in [1.165, 1.54) is 44.6 Å². The molecule has 0 radical (unpaired) electrons. The molecule has 2 rings (SSSR count). The molecular weight excluding hydrogens is 346 g/mol. The highest BCUT2D eigenvalue weighted by Gasteiger charge is 2.17. The molecule has 2 aromatic rings. The molecule has 0 heterocycles. The Morgan fingerprint density at radius 1 is 1.08 bits per heavy atom. The van der Waals surface area contributed by atoms with Crippen LogP contribution in [-0.4, -0.2) is 33.7 Å². The van der Waals surface area contributed by atoms with Crippen LogP contribution in [-0.2, 0) is 14.8 Å². The minimum atomic E-state index is -3.84. The third kappa shape index (κ3) is 4.74. The lowest BCUT2D eigenvalue weighted by Crippen LogP contribution is -2.13. The number of aliphatic carboxylic acids is 1. The molecular formula is C17H17NO6S. The number of methoxy groups -OCH3 is 2. The van der Waals surface area contributed by atoms with Crippen molar-refractivity contribution >= 4 is 27.8 Å². The van der Waals surface area contributed by atoms with Crippen LogP contribution in [0.25, 0.3) is 6.08 Å². The number of hydrogen-bond acceptors (Lipinski definition) is 5. The van der Waals surface area contributed by atoms with E-state index in [0.717, 1.165) is 6.08 Å². The van der Waals surface area contributed by atoms with E-state index < -0.39 is 16.0 Å². The largest absolute Gasteiger partial charge is 0.493 e. The second kappa shape index (κ2) is 7.71. The predicted molar refractivity (Wildman–Crippen MR) is 93.5 cm³/mol. The van der Waals surface area contributed by atoms with Crippen LogP contribution in [0.3, 0.4) is 0 Å². The van der Waals surface area contributed by atoms with Gasteiger partial charge in [-0.3, -0.25) is 4.72 Å². The van der Waals surface area contributed by atoms with Gasteiger partial charge < -0.3 is 14.6 Å². The summed E-state index contributed by atoms with van der Waals surface area (Å²) in [5.41, 5.74) is 0.859. The molecule has 0 aliphatic heterocycles. The molecule has 25 heavy (non-hydrogen) atoms. The van der Waals surface area contributed by atoms with E-state index >= 15 is 0 Å². The molecule has 0 atom stereocenters. The SMILES string of the molecule is COc1ccc(S(=O)(=O)Nc2cccc(C=CC(=O)O)c2)cc1OC. The van der Waals surface area contributed by atoms with E-state index in [2.05, 4.69) is 4.72 Å². The number of carboxylic acid groups (broad SMARTS) is 1. The summed E-state index contributed by atoms with van der Waals surface area (Å²) in [5.74, 6) is -0.373. The van der Waals surface area contributed by atoms with Gasteiger partial charge in [-0.2, -0.15) is 0 Å². The van der Waals surface area contributed by atoms with E-state index in [1.807, 2.05) is 0 Å². The Morgan fingerprint density at radius 3 is 2.44 bits per heavy atom. The van der Waals surface area contributed by atoms with Gasteiger partial charge >= 0.3 is 5.97 Å². The molecule has 0 saturated carbocycles. The lowest BCUT2D eigenvalue weighted by atomic mass is 10.2. The molecule has 0 aliphatic carbocycles. The van der Waals surface area contributed by atoms with E-state index in [-0.39, 0.29) is 4.90 Å². The van der Waals surface area contributed by atoms with Crippen molar-refractivity contribution in [2.45, 2.75) is 4.90 Å². The maximum absolute atomic E-state index is 12.5. The molecule has 0 bridgehead atoms. The summed E-state index contributed by atoms with van der Waals surface area (Å²) in [5, 5.41) is 8.65. The van der Waals surface area contributed by atoms with Crippen LogP contribution in [0.4, 0.5) is 5.69 Å². The van der Waals surface area contributed by atoms with Gasteiger partial charge in [-0.05, 0) is 35.9 Å². The topological polar surface area (TPSA) is 102 Å². The molecule has 0 unspecified atom stereocenters. The number of ether oxygens (including phenoxy) is 2. The van der Waals surface area contributed by atoms with Crippen molar-refractivity contribution < 1.29 is 27.8 Å². The number of anilines is 1. The molecule has 132 valence electrons. The molecule has 2 aromatic carbocycles. The summed E-state index contributed by atoms with van der Waals surface area (Å²) in [6.07, 6.45) is 2.35. The zero-order chi connectivity index (χ0) is 18.4. The maximum atomic E-state index is 12.5. The Bertz CT molecular complexity index is 905. The van der Waals surface area contributed by atoms with Gasteiger partial charge in [0.15, 0.2) is 11.5 Å². The van der Waals surface area contributed by atoms with Crippen molar-refractivity contribution in [3.8, 4) is 11.5 Å². The summed E-state index contributed by atoms with van der Waals surface area (Å²) in [4.78, 5) is 10.6. The van der Waals surface area contributed by atoms with Crippen molar-refractivity contribution in [2.24, 2.45) is 0 Å². The van der Waals surface area contributed by atoms with Gasteiger partial charge in [-0.15, -0.1) is 0 Å². The van der Waals surface area contributed by atoms with E-state index in [1.54, 1.807) is 18.2 Å². The van der Waals surface area contributed by atoms with Gasteiger partial charge in [0.05, 0.1) is 19.1 Å². The van der Waals surface area contributed by atoms with Crippen LogP contribution in [0.5, 0.6) is 11.5 Å². The minimum absolute atomic E-state index is 0.0108. The third-order valence-corrected chi connectivity index (χ3v) is 4.60. The number of nitrogens with one attached hydrogen (secondary N) is 1. The molecule has 0 amide bonds. The lowest BCUT2D eigenvalue weighted by Gasteiger charge is -2.12. The van der Waals surface area contributed by atoms with Crippen molar-refractivity contribution in [1.82, 2.24) is 0 Å². The standard InChI is InChI=1S/C17H17NO6S/c1-23-15-8-7-14(11-16(15)24-2)25(21,22)18-13-5-3-4-12(10-13)6-9-17(19)20/h3-11,18H,1-2H3,(H,19,20). The van der Waals surface area contributed by atoms with Gasteiger partial charge in [-0.1, -0.05) is 12.1 Å². The predicted octanol–water partition coefficient (Wildman–Crippen LogP) is 2.60. The molecule has 0 aromatic heterocycles. The highest BCUT2D eigenvalue weighted by Crippen LogP contribution is 2.30. The number of benzene rings is 2. The van der Waals surface area contributed by atoms with Crippen molar-refractivity contribution in [3.63, 3.8) is 0 Å². The highest BCUT2D eigenvalue weighted by molar-refractivity contribution is 7.92. The zero-order valence-electron chi connectivity index (χ0n) is 13.6. The average Bonchev–Trinajstić information content (AvgIpc) is 2.59. The molecule has 0 fully saturated rings. The normalized spacial score (nSPS) is 11.3. The molecule has 0 saturated heterocycles. The average molecular weight is 363 g/mol. The number of carbonyl (C=O) groups is 1. The van der Waals surface area contributed by atoms with Gasteiger partial charge in [0.2, 0.25) is 0 Å². The first-order valence-electron chi connectivity index (χ1n) is 7.11. The van der Waals surface area contributed by atoms with Crippen LogP contribution in [0.15, 0.2) is 53.4 Å². The first-order chi connectivity index (χ1) is 11.9. The van der Waals surface area contributed by atoms with Gasteiger partial charge in [0.1, 0.15) is 0 Å². The quantitative estimate of drug-likeness (QED) is 0.733. The lowest BCUT2D eigenvalue weighted by molar-refractivity contribution is -0.131. The monoisotopic (exact) mass is 363 g/mol. The Balaban J connectivity index is 2.30. The summed E-state index contributed by atoms with van der Waals surface area (Å²) < 4.78 is 37.7. The first-order valence-corrected chi connectivity index (χ1v) is 8.60. The summed E-state index contributed by atoms with van der Waals surface area (Å²) >= 11 is 0. The Morgan fingerprint density at radius 2 is 1.80 bits per heavy atom. The fourth-order valence-electron chi connectivity index (χ4n) is 2.07. The van der Waals surface area contributed by atoms with Crippen LogP contribution < -0.4 is 14.2 Å². The second-order valence-corrected chi connectivity index (χ2v) is 6.60. The number of sulfonamides is 1. The number of hydrogen-bond donors (Lipinski definition) is 2. The van der Waals surface area contributed by atoms with E-state index in [4.69, 9.17) is 14.6 Å². The number of carboxylic acids is 1. The molecule has 8 heteroatoms. The third-order valence-electron chi connectivity index (χ3n) is 3.22. The smallest absolute Gasteiger partial charge is 0.328 e. The fraction of sp³-hybridized carbons (Fsp3) is 0.118. The van der Waals surface area contributed by atoms with E-state index in [9.17, 15) is 13.2 Å². The molecule has 2 N–H and O–H groups in total. The number of rotatable bonds is 7. The highest BCUT2D eigenvalue weighted by atomic mass is 32.2. The summed E-state index contributed by atoms with van der Waals surface area (Å²) in [6, 6.07) is 10.6. The van der Waals surface area contributed by atoms with Crippen LogP contribution >= 0.6 is 0 Å². The van der Waals surface area contributed by atoms with Gasteiger partial charge in [-0.25, -0.2) is 13.2 Å². The minimum Gasteiger partial charge on any atom is -0.493 e. The summed E-state index contributed by atoms with van der Waals surface area (Å²) in [6.45, 7) is 0. The Kier molecular flexibility index (Phi) is 5.66. The van der Waals surface area contributed by atoms with Crippen LogP contribution in [0.1, 0.15) is 5.56 Å². The second-order valence-electron chi connectivity index (χ2n) is 4.92. The molecule has 7 nitrogen and oxygen atoms in total. The van der Waals surface area contributed by atoms with Crippen molar-refractivity contribution in [1.29, 1.82) is 0 Å². The van der Waals surface area contributed by atoms with Gasteiger partial charge in [0.25, 0.3) is 10.0 Å². The molecule has 0 aliphatic rings. The van der Waals surface area contributed by atoms with E-state index in [0.29, 0.717) is 22.7 Å². The maximum Gasteiger partial charge on any atom is 0.328 e. The Labute approximate surface area is 145 Å². The van der Waals surface area contributed by atoms with Crippen molar-refractivity contribution in [3.05, 3.63) is 54.1 Å². The fourth-order valence-corrected chi connectivity index (χ4v) is 3.14. The first kappa shape index (κ1) is 18.3. The van der Waals surface area contributed by atoms with Crippen molar-refractivity contribution in [2.75, 3.05) is 18.9 Å². The van der Waals surface area contributed by atoms with Crippen LogP contribution in [0, 0.1) is 0 Å². The van der Waals surface area contributed by atoms with Crippen LogP contribution in [0.2, 0.25) is 0 Å².